The van der Waals surface area contributed by atoms with Crippen LogP contribution in [0.15, 0.2) is 0 Å². The number of nitrogens with one attached hydrogen (secondary N) is 1. The van der Waals surface area contributed by atoms with E-state index in [4.69, 9.17) is 9.47 Å². The quantitative estimate of drug-likeness (QED) is 0.698. The van der Waals surface area contributed by atoms with Crippen molar-refractivity contribution >= 4 is 5.97 Å². The molecule has 0 aromatic carbocycles. The van der Waals surface area contributed by atoms with Gasteiger partial charge in [-0.25, -0.2) is 0 Å². The molecule has 3 atom stereocenters. The maximum Gasteiger partial charge on any atom is 0.323 e. The van der Waals surface area contributed by atoms with Gasteiger partial charge in [0, 0.05) is 18.6 Å². The Hall–Kier alpha value is -0.610. The maximum atomic E-state index is 11.8. The molecule has 0 aromatic heterocycles. The molecule has 0 radical (unpaired) electrons. The third kappa shape index (κ3) is 3.76. The van der Waals surface area contributed by atoms with E-state index < -0.39 is 0 Å². The Balaban J connectivity index is 2.56. The minimum absolute atomic E-state index is 0.140. The first-order valence-electron chi connectivity index (χ1n) is 6.19. The zero-order chi connectivity index (χ0) is 12.0. The largest absolute Gasteiger partial charge is 0.465 e. The second kappa shape index (κ2) is 6.86. The van der Waals surface area contributed by atoms with Gasteiger partial charge in [0.25, 0.3) is 0 Å². The lowest BCUT2D eigenvalue weighted by Crippen LogP contribution is -2.47. The molecule has 1 fully saturated rings. The van der Waals surface area contributed by atoms with Crippen LogP contribution in [0.1, 0.15) is 33.6 Å². The summed E-state index contributed by atoms with van der Waals surface area (Å²) in [4.78, 5) is 11.8. The fourth-order valence-electron chi connectivity index (χ4n) is 1.87. The molecule has 0 aliphatic carbocycles. The first kappa shape index (κ1) is 13.5. The highest BCUT2D eigenvalue weighted by Gasteiger charge is 2.32. The van der Waals surface area contributed by atoms with E-state index in [2.05, 4.69) is 19.2 Å². The average Bonchev–Trinajstić information content (AvgIpc) is 2.78. The first-order valence-corrected chi connectivity index (χ1v) is 6.19. The van der Waals surface area contributed by atoms with Crippen LogP contribution in [-0.4, -0.2) is 37.9 Å². The zero-order valence-electron chi connectivity index (χ0n) is 10.5. The Morgan fingerprint density at radius 3 is 2.81 bits per heavy atom. The smallest absolute Gasteiger partial charge is 0.323 e. The Morgan fingerprint density at radius 1 is 1.56 bits per heavy atom. The van der Waals surface area contributed by atoms with E-state index >= 15 is 0 Å². The molecule has 1 rings (SSSR count). The van der Waals surface area contributed by atoms with Gasteiger partial charge in [-0.3, -0.25) is 4.79 Å². The van der Waals surface area contributed by atoms with Crippen molar-refractivity contribution in [2.24, 2.45) is 5.92 Å². The molecular weight excluding hydrogens is 206 g/mol. The summed E-state index contributed by atoms with van der Waals surface area (Å²) in [6.07, 6.45) is 1.94. The molecule has 4 heteroatoms. The molecule has 0 aromatic rings. The van der Waals surface area contributed by atoms with Crippen LogP contribution >= 0.6 is 0 Å². The van der Waals surface area contributed by atoms with Crippen molar-refractivity contribution in [3.63, 3.8) is 0 Å². The highest BCUT2D eigenvalue weighted by molar-refractivity contribution is 5.76. The van der Waals surface area contributed by atoms with Crippen molar-refractivity contribution in [1.29, 1.82) is 0 Å². The summed E-state index contributed by atoms with van der Waals surface area (Å²) in [6.45, 7) is 7.87. The average molecular weight is 229 g/mol. The molecule has 4 nitrogen and oxygen atoms in total. The van der Waals surface area contributed by atoms with Crippen LogP contribution in [-0.2, 0) is 14.3 Å². The van der Waals surface area contributed by atoms with Crippen LogP contribution in [0.4, 0.5) is 0 Å². The number of esters is 1. The van der Waals surface area contributed by atoms with Crippen molar-refractivity contribution in [2.45, 2.75) is 45.7 Å². The normalized spacial score (nSPS) is 24.1. The molecular formula is C12H23NO3. The summed E-state index contributed by atoms with van der Waals surface area (Å²) < 4.78 is 10.4. The van der Waals surface area contributed by atoms with E-state index in [0.29, 0.717) is 19.3 Å². The van der Waals surface area contributed by atoms with E-state index in [1.165, 1.54) is 0 Å². The Kier molecular flexibility index (Phi) is 5.77. The van der Waals surface area contributed by atoms with Crippen LogP contribution < -0.4 is 5.32 Å². The van der Waals surface area contributed by atoms with Crippen molar-refractivity contribution in [1.82, 2.24) is 5.32 Å². The van der Waals surface area contributed by atoms with Gasteiger partial charge in [0.2, 0.25) is 0 Å². The third-order valence-corrected chi connectivity index (χ3v) is 3.05. The summed E-state index contributed by atoms with van der Waals surface area (Å²) in [5, 5.41) is 3.34. The number of ether oxygens (including phenoxy) is 2. The summed E-state index contributed by atoms with van der Waals surface area (Å²) in [5.74, 6) is 0.117. The Labute approximate surface area is 97.7 Å². The number of hydrogen-bond donors (Lipinski definition) is 1. The molecule has 3 unspecified atom stereocenters. The topological polar surface area (TPSA) is 47.6 Å². The molecule has 0 bridgehead atoms. The SMILES string of the molecule is CCOC(=O)C(NC(C)CC)C1CCOC1. The van der Waals surface area contributed by atoms with Gasteiger partial charge in [0.15, 0.2) is 0 Å². The predicted octanol–water partition coefficient (Wildman–Crippen LogP) is 1.34. The standard InChI is InChI=1S/C12H23NO3/c1-4-9(3)13-11(12(14)16-5-2)10-6-7-15-8-10/h9-11,13H,4-8H2,1-3H3. The van der Waals surface area contributed by atoms with Gasteiger partial charge in [-0.1, -0.05) is 6.92 Å². The molecule has 1 aliphatic heterocycles. The van der Waals surface area contributed by atoms with E-state index in [9.17, 15) is 4.79 Å². The lowest BCUT2D eigenvalue weighted by molar-refractivity contribution is -0.147. The van der Waals surface area contributed by atoms with Crippen LogP contribution in [0.3, 0.4) is 0 Å². The van der Waals surface area contributed by atoms with Gasteiger partial charge in [0.1, 0.15) is 6.04 Å². The van der Waals surface area contributed by atoms with E-state index in [1.807, 2.05) is 6.92 Å². The van der Waals surface area contributed by atoms with Crippen LogP contribution in [0.5, 0.6) is 0 Å². The Morgan fingerprint density at radius 2 is 2.31 bits per heavy atom. The summed E-state index contributed by atoms with van der Waals surface area (Å²) in [7, 11) is 0. The summed E-state index contributed by atoms with van der Waals surface area (Å²) >= 11 is 0. The van der Waals surface area contributed by atoms with Crippen molar-refractivity contribution in [2.75, 3.05) is 19.8 Å². The third-order valence-electron chi connectivity index (χ3n) is 3.05. The van der Waals surface area contributed by atoms with Crippen LogP contribution in [0.25, 0.3) is 0 Å². The van der Waals surface area contributed by atoms with E-state index in [1.54, 1.807) is 0 Å². The fraction of sp³-hybridized carbons (Fsp3) is 0.917. The molecule has 16 heavy (non-hydrogen) atoms. The lowest BCUT2D eigenvalue weighted by atomic mass is 9.98. The highest BCUT2D eigenvalue weighted by atomic mass is 16.5. The number of rotatable bonds is 6. The maximum absolute atomic E-state index is 11.8. The van der Waals surface area contributed by atoms with Crippen LogP contribution in [0.2, 0.25) is 0 Å². The van der Waals surface area contributed by atoms with Crippen molar-refractivity contribution in [3.05, 3.63) is 0 Å². The fourth-order valence-corrected chi connectivity index (χ4v) is 1.87. The van der Waals surface area contributed by atoms with Gasteiger partial charge < -0.3 is 14.8 Å². The minimum Gasteiger partial charge on any atom is -0.465 e. The van der Waals surface area contributed by atoms with Crippen molar-refractivity contribution < 1.29 is 14.3 Å². The molecule has 1 N–H and O–H groups in total. The van der Waals surface area contributed by atoms with Gasteiger partial charge >= 0.3 is 5.97 Å². The number of hydrogen-bond acceptors (Lipinski definition) is 4. The van der Waals surface area contributed by atoms with Gasteiger partial charge in [-0.2, -0.15) is 0 Å². The first-order chi connectivity index (χ1) is 7.69. The molecule has 0 amide bonds. The Bertz CT molecular complexity index is 214. The summed E-state index contributed by atoms with van der Waals surface area (Å²) in [6, 6.07) is 0.118. The van der Waals surface area contributed by atoms with Gasteiger partial charge in [-0.15, -0.1) is 0 Å². The molecule has 0 spiro atoms. The summed E-state index contributed by atoms with van der Waals surface area (Å²) in [5.41, 5.74) is 0. The van der Waals surface area contributed by atoms with Crippen molar-refractivity contribution in [3.8, 4) is 0 Å². The molecule has 1 saturated heterocycles. The minimum atomic E-state index is -0.211. The molecule has 1 aliphatic rings. The van der Waals surface area contributed by atoms with E-state index in [-0.39, 0.29) is 17.9 Å². The predicted molar refractivity (Wildman–Crippen MR) is 62.2 cm³/mol. The lowest BCUT2D eigenvalue weighted by Gasteiger charge is -2.25. The zero-order valence-corrected chi connectivity index (χ0v) is 10.5. The van der Waals surface area contributed by atoms with Gasteiger partial charge in [0.05, 0.1) is 13.2 Å². The van der Waals surface area contributed by atoms with Crippen LogP contribution in [0, 0.1) is 5.92 Å². The van der Waals surface area contributed by atoms with Gasteiger partial charge in [-0.05, 0) is 26.7 Å². The molecule has 94 valence electrons. The monoisotopic (exact) mass is 229 g/mol. The molecule has 1 heterocycles. The number of carbonyl (C=O) groups excluding carboxylic acids is 1. The second-order valence-electron chi connectivity index (χ2n) is 4.33. The molecule has 0 saturated carbocycles. The highest BCUT2D eigenvalue weighted by Crippen LogP contribution is 2.18. The number of carbonyl (C=O) groups is 1. The second-order valence-corrected chi connectivity index (χ2v) is 4.33. The van der Waals surface area contributed by atoms with E-state index in [0.717, 1.165) is 19.4 Å².